The number of para-hydroxylation sites is 4. The van der Waals surface area contributed by atoms with Crippen LogP contribution >= 0.6 is 0 Å². The van der Waals surface area contributed by atoms with E-state index in [1.54, 1.807) is 0 Å². The molecule has 0 aliphatic heterocycles. The van der Waals surface area contributed by atoms with Gasteiger partial charge < -0.3 is 8.83 Å². The molecule has 0 amide bonds. The van der Waals surface area contributed by atoms with Crippen molar-refractivity contribution >= 4 is 217 Å². The molecule has 0 bridgehead atoms. The molecule has 0 spiro atoms. The van der Waals surface area contributed by atoms with E-state index >= 15 is 0 Å². The van der Waals surface area contributed by atoms with Gasteiger partial charge in [0, 0.05) is 54.9 Å². The average Bonchev–Trinajstić information content (AvgIpc) is 1.33. The van der Waals surface area contributed by atoms with Crippen molar-refractivity contribution < 1.29 is 8.83 Å². The van der Waals surface area contributed by atoms with Gasteiger partial charge in [0.05, 0.1) is 67.3 Å². The lowest BCUT2D eigenvalue weighted by Crippen LogP contribution is -1.97. The van der Waals surface area contributed by atoms with E-state index in [0.717, 1.165) is 161 Å². The zero-order chi connectivity index (χ0) is 94.6. The predicted octanol–water partition coefficient (Wildman–Crippen LogP) is 37.0. The van der Waals surface area contributed by atoms with Gasteiger partial charge in [-0.25, -0.2) is 29.9 Å². The zero-order valence-corrected chi connectivity index (χ0v) is 77.7. The SMILES string of the molecule is c1ccc(-c2nc3cc(-c4ccc5c(ccc6c5ccc5ccc7ccccc7c56)c4)ccc3nc2-c2ccc3oc4ccccc4c3c2)cc1.c1ccc(-c2nc3cc(-c4cccc5c4ccc4ccc6c7ccccc7ccc6c45)ccc3nc2-c2ccc3oc4ccccc4c3c2)cc1.c1ccc2cc(-c3nc4ccccc4nc3-c3cc4ccc5ccccc5c4c4ccc5ccccc5c34)ccc2c1. The Labute approximate surface area is 825 Å². The van der Waals surface area contributed by atoms with Gasteiger partial charge in [0.1, 0.15) is 22.3 Å². The maximum atomic E-state index is 6.14. The third-order valence-corrected chi connectivity index (χ3v) is 29.4. The summed E-state index contributed by atoms with van der Waals surface area (Å²) >= 11 is 0. The molecule has 0 aliphatic carbocycles. The van der Waals surface area contributed by atoms with Gasteiger partial charge in [-0.2, -0.15) is 0 Å². The molecule has 0 unspecified atom stereocenters. The normalized spacial score (nSPS) is 11.9. The highest BCUT2D eigenvalue weighted by Gasteiger charge is 2.25. The molecule has 666 valence electrons. The number of aromatic nitrogens is 6. The molecule has 5 heterocycles. The molecule has 144 heavy (non-hydrogen) atoms. The molecule has 0 fully saturated rings. The van der Waals surface area contributed by atoms with Crippen LogP contribution < -0.4 is 0 Å². The van der Waals surface area contributed by atoms with Gasteiger partial charge in [0.25, 0.3) is 0 Å². The summed E-state index contributed by atoms with van der Waals surface area (Å²) in [6.07, 6.45) is 0. The van der Waals surface area contributed by atoms with Crippen molar-refractivity contribution in [3.8, 4) is 89.8 Å². The summed E-state index contributed by atoms with van der Waals surface area (Å²) in [4.78, 5) is 31.9. The lowest BCUT2D eigenvalue weighted by molar-refractivity contribution is 0.668. The topological polar surface area (TPSA) is 104 Å². The van der Waals surface area contributed by atoms with Crippen molar-refractivity contribution in [2.45, 2.75) is 0 Å². The first-order valence-electron chi connectivity index (χ1n) is 49.0. The fourth-order valence-corrected chi connectivity index (χ4v) is 22.6. The maximum Gasteiger partial charge on any atom is 0.135 e. The summed E-state index contributed by atoms with van der Waals surface area (Å²) in [6, 6.07) is 173. The molecule has 0 atom stereocenters. The minimum absolute atomic E-state index is 0.852. The molecule has 31 aromatic rings. The summed E-state index contributed by atoms with van der Waals surface area (Å²) < 4.78 is 12.3. The van der Waals surface area contributed by atoms with Crippen LogP contribution in [0.15, 0.2) is 494 Å². The molecule has 8 nitrogen and oxygen atoms in total. The molecule has 0 aliphatic rings. The van der Waals surface area contributed by atoms with Crippen LogP contribution in [0.3, 0.4) is 0 Å². The van der Waals surface area contributed by atoms with Crippen molar-refractivity contribution in [1.82, 2.24) is 29.9 Å². The monoisotopic (exact) mass is 1830 g/mol. The zero-order valence-electron chi connectivity index (χ0n) is 77.7. The van der Waals surface area contributed by atoms with Crippen LogP contribution in [0, 0.1) is 0 Å². The second kappa shape index (κ2) is 33.3. The fourth-order valence-electron chi connectivity index (χ4n) is 22.6. The highest BCUT2D eigenvalue weighted by Crippen LogP contribution is 2.49. The van der Waals surface area contributed by atoms with Gasteiger partial charge in [0.15, 0.2) is 0 Å². The molecule has 0 saturated heterocycles. The fraction of sp³-hybridized carbons (Fsp3) is 0. The standard InChI is InChI=1S/2C48H28N2O.C40H24N2/c1-2-10-31(11-3-1)47-48(33-21-26-45-41(27-33)38-13-6-7-16-44(38)51-45)49-42-25-20-32(28-43(42)50-47)35-14-8-15-39-37(35)23-19-30-18-22-36-34-12-5-4-9-29(34)17-24-40(36)46(30)39;1-2-9-31(10-3-1)47-48(35-20-25-45-41(27-35)39-12-6-7-13-44(39)51-45)49-42-24-19-33(28-43(42)50-47)32-17-21-36-34(26-32)18-23-40-38(36)22-16-30-15-14-29-8-4-5-11-37(29)46(30)40;1-2-12-28-23-30(20-17-25(28)9-1)39-40(42-36-16-8-7-15-35(36)41-39)34-24-29-19-18-26-10-3-5-13-31(26)37(29)33-22-21-27-11-4-6-14-32(27)38(33)34/h2*1-28H;1-24H. The summed E-state index contributed by atoms with van der Waals surface area (Å²) in [5.41, 5.74) is 24.7. The first kappa shape index (κ1) is 81.9. The van der Waals surface area contributed by atoms with Crippen LogP contribution in [0.5, 0.6) is 0 Å². The van der Waals surface area contributed by atoms with E-state index in [1.807, 2.05) is 66.7 Å². The smallest absolute Gasteiger partial charge is 0.135 e. The van der Waals surface area contributed by atoms with Crippen LogP contribution in [0.1, 0.15) is 0 Å². The Kier molecular flexibility index (Phi) is 18.9. The van der Waals surface area contributed by atoms with Crippen molar-refractivity contribution in [2.75, 3.05) is 0 Å². The number of benzene rings is 26. The van der Waals surface area contributed by atoms with Gasteiger partial charge >= 0.3 is 0 Å². The Morgan fingerprint density at radius 3 is 1.04 bits per heavy atom. The van der Waals surface area contributed by atoms with Crippen molar-refractivity contribution in [1.29, 1.82) is 0 Å². The van der Waals surface area contributed by atoms with Gasteiger partial charge in [-0.05, 0) is 265 Å². The number of hydrogen-bond acceptors (Lipinski definition) is 8. The lowest BCUT2D eigenvalue weighted by Gasteiger charge is -2.17. The molecule has 8 heteroatoms. The Morgan fingerprint density at radius 1 is 0.118 bits per heavy atom. The van der Waals surface area contributed by atoms with Crippen LogP contribution in [-0.4, -0.2) is 29.9 Å². The summed E-state index contributed by atoms with van der Waals surface area (Å²) in [5.74, 6) is 0. The maximum absolute atomic E-state index is 6.14. The Hall–Kier alpha value is -19.3. The Morgan fingerprint density at radius 2 is 0.444 bits per heavy atom. The average molecular weight is 1830 g/mol. The Bertz CT molecular complexity index is 10900. The van der Waals surface area contributed by atoms with E-state index in [2.05, 4.69) is 419 Å². The largest absolute Gasteiger partial charge is 0.456 e. The number of hydrogen-bond donors (Lipinski definition) is 0. The first-order chi connectivity index (χ1) is 71.3. The van der Waals surface area contributed by atoms with Gasteiger partial charge in [-0.1, -0.05) is 382 Å². The molecule has 0 N–H and O–H groups in total. The molecular formula is C136H80N6O2. The third-order valence-electron chi connectivity index (χ3n) is 29.4. The lowest BCUT2D eigenvalue weighted by atomic mass is 9.88. The number of rotatable bonds is 8. The van der Waals surface area contributed by atoms with Crippen molar-refractivity contribution in [2.24, 2.45) is 0 Å². The Balaban J connectivity index is 0.000000103. The minimum atomic E-state index is 0.852. The van der Waals surface area contributed by atoms with Crippen LogP contribution in [0.25, 0.3) is 307 Å². The van der Waals surface area contributed by atoms with Crippen LogP contribution in [0.2, 0.25) is 0 Å². The summed E-state index contributed by atoms with van der Waals surface area (Å²) in [5, 5.41) is 36.9. The first-order valence-corrected chi connectivity index (χ1v) is 49.0. The second-order valence-electron chi connectivity index (χ2n) is 37.6. The predicted molar refractivity (Wildman–Crippen MR) is 604 cm³/mol. The van der Waals surface area contributed by atoms with E-state index in [9.17, 15) is 0 Å². The highest BCUT2D eigenvalue weighted by molar-refractivity contribution is 6.31. The van der Waals surface area contributed by atoms with E-state index in [-0.39, 0.29) is 0 Å². The molecule has 31 rings (SSSR count). The number of fused-ring (bicyclic) bond motifs is 31. The van der Waals surface area contributed by atoms with Crippen molar-refractivity contribution in [3.63, 3.8) is 0 Å². The molecule has 0 radical (unpaired) electrons. The minimum Gasteiger partial charge on any atom is -0.456 e. The van der Waals surface area contributed by atoms with E-state index in [1.165, 1.54) is 146 Å². The number of furan rings is 2. The molecule has 26 aromatic carbocycles. The quantitative estimate of drug-likeness (QED) is 0.139. The van der Waals surface area contributed by atoms with E-state index in [4.69, 9.17) is 38.7 Å². The second-order valence-corrected chi connectivity index (χ2v) is 37.6. The van der Waals surface area contributed by atoms with Crippen LogP contribution in [-0.2, 0) is 0 Å². The third kappa shape index (κ3) is 13.7. The number of nitrogens with zero attached hydrogens (tertiary/aromatic N) is 6. The molecule has 0 saturated carbocycles. The van der Waals surface area contributed by atoms with E-state index in [0.29, 0.717) is 0 Å². The molecule has 5 aromatic heterocycles. The van der Waals surface area contributed by atoms with Gasteiger partial charge in [0.2, 0.25) is 0 Å². The molecular weight excluding hydrogens is 1750 g/mol. The van der Waals surface area contributed by atoms with Crippen molar-refractivity contribution in [3.05, 3.63) is 485 Å². The highest BCUT2D eigenvalue weighted by atomic mass is 16.3. The van der Waals surface area contributed by atoms with Gasteiger partial charge in [-0.15, -0.1) is 0 Å². The van der Waals surface area contributed by atoms with Crippen LogP contribution in [0.4, 0.5) is 0 Å². The summed E-state index contributed by atoms with van der Waals surface area (Å²) in [7, 11) is 0. The summed E-state index contributed by atoms with van der Waals surface area (Å²) in [6.45, 7) is 0. The van der Waals surface area contributed by atoms with E-state index < -0.39 is 0 Å². The van der Waals surface area contributed by atoms with Gasteiger partial charge in [-0.3, -0.25) is 0 Å².